The summed E-state index contributed by atoms with van der Waals surface area (Å²) in [4.78, 5) is 34.4. The van der Waals surface area contributed by atoms with Crippen molar-refractivity contribution in [2.45, 2.75) is 19.9 Å². The third-order valence-corrected chi connectivity index (χ3v) is 5.51. The van der Waals surface area contributed by atoms with E-state index in [4.69, 9.17) is 0 Å². The second-order valence-electron chi connectivity index (χ2n) is 6.82. The van der Waals surface area contributed by atoms with Gasteiger partial charge in [-0.2, -0.15) is 0 Å². The lowest BCUT2D eigenvalue weighted by atomic mass is 10.0. The number of nitro benzene ring substituents is 2. The van der Waals surface area contributed by atoms with Crippen LogP contribution < -0.4 is 5.32 Å². The number of anilines is 1. The number of benzene rings is 2. The van der Waals surface area contributed by atoms with Crippen LogP contribution in [0.15, 0.2) is 48.0 Å². The molecule has 0 fully saturated rings. The van der Waals surface area contributed by atoms with Gasteiger partial charge in [-0.1, -0.05) is 12.1 Å². The van der Waals surface area contributed by atoms with Gasteiger partial charge in [0.2, 0.25) is 0 Å². The highest BCUT2D eigenvalue weighted by Crippen LogP contribution is 2.35. The monoisotopic (exact) mass is 436 g/mol. The number of rotatable bonds is 6. The van der Waals surface area contributed by atoms with Crippen LogP contribution in [0.2, 0.25) is 0 Å². The number of hydrogen-bond acceptors (Lipinski definition) is 9. The number of nitrogens with zero attached hydrogens (tertiary/aromatic N) is 5. The minimum Gasteiger partial charge on any atom is -0.363 e. The molecule has 11 heteroatoms. The van der Waals surface area contributed by atoms with Crippen molar-refractivity contribution in [1.82, 2.24) is 15.0 Å². The zero-order valence-electron chi connectivity index (χ0n) is 16.5. The van der Waals surface area contributed by atoms with Crippen molar-refractivity contribution in [2.24, 2.45) is 0 Å². The number of para-hydroxylation sites is 1. The molecule has 0 saturated heterocycles. The van der Waals surface area contributed by atoms with E-state index in [-0.39, 0.29) is 5.56 Å². The van der Waals surface area contributed by atoms with Gasteiger partial charge < -0.3 is 5.32 Å². The number of nitro groups is 2. The van der Waals surface area contributed by atoms with Crippen molar-refractivity contribution in [3.05, 3.63) is 79.6 Å². The van der Waals surface area contributed by atoms with Gasteiger partial charge >= 0.3 is 11.4 Å². The van der Waals surface area contributed by atoms with E-state index in [1.807, 2.05) is 18.2 Å². The number of nitrogens with one attached hydrogen (secondary N) is 1. The molecule has 0 aliphatic rings. The van der Waals surface area contributed by atoms with Crippen LogP contribution in [-0.2, 0) is 0 Å². The standard InChI is InChI=1S/C20H16N6O4S/c1-11(14-4-3-5-17(25(27)28)20(14)26(29)30)22-19-9-16(23-12(2)24-19)13-6-7-15-18(8-13)31-10-21-15/h3-11H,1-2H3,(H,22,23,24). The molecule has 4 rings (SSSR count). The lowest BCUT2D eigenvalue weighted by Gasteiger charge is -2.16. The molecule has 156 valence electrons. The highest BCUT2D eigenvalue weighted by molar-refractivity contribution is 7.16. The smallest absolute Gasteiger partial charge is 0.351 e. The average Bonchev–Trinajstić information content (AvgIpc) is 3.20. The third kappa shape index (κ3) is 4.03. The van der Waals surface area contributed by atoms with E-state index in [0.717, 1.165) is 21.8 Å². The summed E-state index contributed by atoms with van der Waals surface area (Å²) in [6.45, 7) is 3.44. The quantitative estimate of drug-likeness (QED) is 0.327. The molecule has 0 bridgehead atoms. The number of aryl methyl sites for hydroxylation is 1. The Morgan fingerprint density at radius 1 is 1.06 bits per heavy atom. The zero-order valence-corrected chi connectivity index (χ0v) is 17.3. The fourth-order valence-electron chi connectivity index (χ4n) is 3.35. The Bertz CT molecular complexity index is 1320. The highest BCUT2D eigenvalue weighted by atomic mass is 32.1. The molecule has 31 heavy (non-hydrogen) atoms. The second kappa shape index (κ2) is 8.03. The van der Waals surface area contributed by atoms with E-state index < -0.39 is 27.3 Å². The van der Waals surface area contributed by atoms with Gasteiger partial charge in [-0.05, 0) is 32.0 Å². The summed E-state index contributed by atoms with van der Waals surface area (Å²) in [6, 6.07) is 11.0. The first-order chi connectivity index (χ1) is 14.8. The van der Waals surface area contributed by atoms with Gasteiger partial charge in [-0.25, -0.2) is 15.0 Å². The van der Waals surface area contributed by atoms with Crippen LogP contribution in [0.1, 0.15) is 24.4 Å². The number of fused-ring (bicyclic) bond motifs is 1. The molecule has 0 aliphatic heterocycles. The van der Waals surface area contributed by atoms with Crippen LogP contribution in [0, 0.1) is 27.2 Å². The first-order valence-electron chi connectivity index (χ1n) is 9.21. The Kier molecular flexibility index (Phi) is 5.26. The van der Waals surface area contributed by atoms with E-state index in [0.29, 0.717) is 17.3 Å². The number of hydrogen-bond donors (Lipinski definition) is 1. The summed E-state index contributed by atoms with van der Waals surface area (Å²) in [5, 5.41) is 25.9. The summed E-state index contributed by atoms with van der Waals surface area (Å²) in [6.07, 6.45) is 0. The van der Waals surface area contributed by atoms with Crippen LogP contribution in [0.25, 0.3) is 21.5 Å². The number of aromatic nitrogens is 3. The van der Waals surface area contributed by atoms with Crippen molar-refractivity contribution in [1.29, 1.82) is 0 Å². The molecule has 10 nitrogen and oxygen atoms in total. The molecule has 0 aliphatic carbocycles. The SMILES string of the molecule is Cc1nc(NC(C)c2cccc([N+](=O)[O-])c2[N+](=O)[O-])cc(-c2ccc3ncsc3c2)n1. The van der Waals surface area contributed by atoms with Crippen molar-refractivity contribution < 1.29 is 9.85 Å². The van der Waals surface area contributed by atoms with Crippen LogP contribution in [-0.4, -0.2) is 24.8 Å². The third-order valence-electron chi connectivity index (χ3n) is 4.72. The van der Waals surface area contributed by atoms with Gasteiger partial charge in [-0.15, -0.1) is 11.3 Å². The van der Waals surface area contributed by atoms with E-state index in [1.165, 1.54) is 23.5 Å². The predicted octanol–water partition coefficient (Wildman–Crippen LogP) is 5.05. The van der Waals surface area contributed by atoms with E-state index in [2.05, 4.69) is 20.3 Å². The Hall–Kier alpha value is -3.99. The van der Waals surface area contributed by atoms with Crippen LogP contribution in [0.5, 0.6) is 0 Å². The van der Waals surface area contributed by atoms with Crippen molar-refractivity contribution >= 4 is 38.7 Å². The van der Waals surface area contributed by atoms with E-state index >= 15 is 0 Å². The summed E-state index contributed by atoms with van der Waals surface area (Å²) < 4.78 is 1.03. The molecular formula is C20H16N6O4S. The molecule has 0 saturated carbocycles. The number of thiazole rings is 1. The maximum Gasteiger partial charge on any atom is 0.351 e. The molecular weight excluding hydrogens is 420 g/mol. The Balaban J connectivity index is 1.69. The lowest BCUT2D eigenvalue weighted by molar-refractivity contribution is -0.423. The summed E-state index contributed by atoms with van der Waals surface area (Å²) in [7, 11) is 0. The maximum absolute atomic E-state index is 11.5. The molecule has 0 spiro atoms. The van der Waals surface area contributed by atoms with Gasteiger partial charge in [0, 0.05) is 17.7 Å². The second-order valence-corrected chi connectivity index (χ2v) is 7.70. The molecule has 4 aromatic rings. The van der Waals surface area contributed by atoms with Crippen molar-refractivity contribution in [3.8, 4) is 11.3 Å². The van der Waals surface area contributed by atoms with Crippen molar-refractivity contribution in [2.75, 3.05) is 5.32 Å². The van der Waals surface area contributed by atoms with E-state index in [1.54, 1.807) is 25.4 Å². The molecule has 1 unspecified atom stereocenters. The maximum atomic E-state index is 11.5. The summed E-state index contributed by atoms with van der Waals surface area (Å²) in [5.41, 5.74) is 3.38. The van der Waals surface area contributed by atoms with Crippen LogP contribution in [0.4, 0.5) is 17.2 Å². The van der Waals surface area contributed by atoms with Gasteiger partial charge in [0.05, 0.1) is 42.9 Å². The highest BCUT2D eigenvalue weighted by Gasteiger charge is 2.30. The first kappa shape index (κ1) is 20.3. The molecule has 2 aromatic carbocycles. The van der Waals surface area contributed by atoms with Gasteiger partial charge in [0.25, 0.3) is 0 Å². The van der Waals surface area contributed by atoms with Gasteiger partial charge in [-0.3, -0.25) is 20.2 Å². The zero-order chi connectivity index (χ0) is 22.1. The Morgan fingerprint density at radius 3 is 2.61 bits per heavy atom. The lowest BCUT2D eigenvalue weighted by Crippen LogP contribution is -2.12. The minimum absolute atomic E-state index is 0.197. The first-order valence-corrected chi connectivity index (χ1v) is 10.1. The van der Waals surface area contributed by atoms with E-state index in [9.17, 15) is 20.2 Å². The molecule has 2 aromatic heterocycles. The topological polar surface area (TPSA) is 137 Å². The normalized spacial score (nSPS) is 11.9. The fourth-order valence-corrected chi connectivity index (χ4v) is 4.06. The molecule has 1 atom stereocenters. The summed E-state index contributed by atoms with van der Waals surface area (Å²) >= 11 is 1.53. The summed E-state index contributed by atoms with van der Waals surface area (Å²) in [5.74, 6) is 0.977. The average molecular weight is 436 g/mol. The van der Waals surface area contributed by atoms with Crippen LogP contribution >= 0.6 is 11.3 Å². The molecule has 1 N–H and O–H groups in total. The van der Waals surface area contributed by atoms with Crippen molar-refractivity contribution in [3.63, 3.8) is 0 Å². The van der Waals surface area contributed by atoms with Gasteiger partial charge in [0.15, 0.2) is 0 Å². The van der Waals surface area contributed by atoms with Gasteiger partial charge in [0.1, 0.15) is 11.6 Å². The van der Waals surface area contributed by atoms with Crippen LogP contribution in [0.3, 0.4) is 0 Å². The molecule has 2 heterocycles. The minimum atomic E-state index is -0.753. The molecule has 0 radical (unpaired) electrons. The largest absolute Gasteiger partial charge is 0.363 e. The predicted molar refractivity (Wildman–Crippen MR) is 117 cm³/mol. The molecule has 0 amide bonds. The Labute approximate surface area is 179 Å². The Morgan fingerprint density at radius 2 is 1.87 bits per heavy atom. The fraction of sp³-hybridized carbons (Fsp3) is 0.150.